The Hall–Kier alpha value is -2.06. The van der Waals surface area contributed by atoms with Gasteiger partial charge in [-0.05, 0) is 37.0 Å². The molecule has 27 heavy (non-hydrogen) atoms. The fourth-order valence-electron chi connectivity index (χ4n) is 2.59. The summed E-state index contributed by atoms with van der Waals surface area (Å²) in [6.07, 6.45) is 3.15. The zero-order valence-electron chi connectivity index (χ0n) is 14.9. The van der Waals surface area contributed by atoms with Crippen molar-refractivity contribution >= 4 is 47.1 Å². The molecule has 7 nitrogen and oxygen atoms in total. The molecule has 1 N–H and O–H groups in total. The summed E-state index contributed by atoms with van der Waals surface area (Å²) in [5.74, 6) is -1.41. The zero-order chi connectivity index (χ0) is 19.8. The number of carbonyl (C=O) groups is 4. The van der Waals surface area contributed by atoms with Gasteiger partial charge >= 0.3 is 5.97 Å². The number of halogens is 1. The molecule has 1 saturated heterocycles. The highest BCUT2D eigenvalue weighted by atomic mass is 35.5. The van der Waals surface area contributed by atoms with Gasteiger partial charge in [-0.25, -0.2) is 4.79 Å². The minimum atomic E-state index is -0.914. The minimum Gasteiger partial charge on any atom is -0.454 e. The number of nitrogens with zero attached hydrogens (tertiary/aromatic N) is 1. The van der Waals surface area contributed by atoms with Crippen molar-refractivity contribution in [2.75, 3.05) is 25.2 Å². The quantitative estimate of drug-likeness (QED) is 0.655. The van der Waals surface area contributed by atoms with E-state index in [1.807, 2.05) is 6.26 Å². The van der Waals surface area contributed by atoms with E-state index in [9.17, 15) is 19.2 Å². The Kier molecular flexibility index (Phi) is 8.12. The van der Waals surface area contributed by atoms with Crippen LogP contribution in [0.25, 0.3) is 0 Å². The average molecular weight is 413 g/mol. The van der Waals surface area contributed by atoms with E-state index < -0.39 is 30.4 Å². The lowest BCUT2D eigenvalue weighted by atomic mass is 10.1. The first kappa shape index (κ1) is 21.2. The lowest BCUT2D eigenvalue weighted by Crippen LogP contribution is -2.44. The maximum Gasteiger partial charge on any atom is 0.329 e. The van der Waals surface area contributed by atoms with Crippen molar-refractivity contribution in [3.05, 3.63) is 34.9 Å². The largest absolute Gasteiger partial charge is 0.454 e. The zero-order valence-corrected chi connectivity index (χ0v) is 16.5. The van der Waals surface area contributed by atoms with Crippen molar-refractivity contribution in [1.29, 1.82) is 0 Å². The monoisotopic (exact) mass is 412 g/mol. The number of hydrogen-bond donors (Lipinski definition) is 1. The van der Waals surface area contributed by atoms with Gasteiger partial charge in [0.2, 0.25) is 5.91 Å². The summed E-state index contributed by atoms with van der Waals surface area (Å²) in [6, 6.07) is 5.59. The molecular weight excluding hydrogens is 392 g/mol. The molecular formula is C18H21ClN2O5S. The van der Waals surface area contributed by atoms with E-state index in [2.05, 4.69) is 5.32 Å². The van der Waals surface area contributed by atoms with E-state index in [1.54, 1.807) is 24.3 Å². The van der Waals surface area contributed by atoms with Crippen LogP contribution < -0.4 is 5.32 Å². The van der Waals surface area contributed by atoms with Crippen LogP contribution in [-0.2, 0) is 19.1 Å². The van der Waals surface area contributed by atoms with E-state index in [0.717, 1.165) is 4.90 Å². The third-order valence-electron chi connectivity index (χ3n) is 4.03. The van der Waals surface area contributed by atoms with E-state index in [-0.39, 0.29) is 16.5 Å². The molecule has 0 spiro atoms. The number of rotatable bonds is 8. The van der Waals surface area contributed by atoms with Crippen molar-refractivity contribution < 1.29 is 23.9 Å². The van der Waals surface area contributed by atoms with Gasteiger partial charge in [0.05, 0.1) is 10.6 Å². The van der Waals surface area contributed by atoms with Gasteiger partial charge in [0.15, 0.2) is 6.61 Å². The van der Waals surface area contributed by atoms with Gasteiger partial charge in [0, 0.05) is 13.0 Å². The third kappa shape index (κ3) is 5.97. The molecule has 0 aromatic heterocycles. The van der Waals surface area contributed by atoms with Crippen LogP contribution in [0, 0.1) is 0 Å². The molecule has 1 aromatic rings. The summed E-state index contributed by atoms with van der Waals surface area (Å²) in [5, 5.41) is 2.88. The number of thioether (sulfide) groups is 1. The van der Waals surface area contributed by atoms with Crippen LogP contribution >= 0.6 is 23.4 Å². The molecule has 1 aliphatic rings. The lowest BCUT2D eigenvalue weighted by molar-refractivity contribution is -0.156. The van der Waals surface area contributed by atoms with Crippen LogP contribution in [0.2, 0.25) is 5.02 Å². The molecule has 1 aliphatic heterocycles. The van der Waals surface area contributed by atoms with Crippen molar-refractivity contribution in [1.82, 2.24) is 10.2 Å². The number of esters is 1. The first-order chi connectivity index (χ1) is 12.9. The second kappa shape index (κ2) is 10.3. The van der Waals surface area contributed by atoms with Crippen LogP contribution in [0.5, 0.6) is 0 Å². The van der Waals surface area contributed by atoms with Gasteiger partial charge in [-0.3, -0.25) is 19.3 Å². The highest BCUT2D eigenvalue weighted by Crippen LogP contribution is 2.15. The molecule has 3 amide bonds. The fourth-order valence-corrected chi connectivity index (χ4v) is 3.28. The maximum absolute atomic E-state index is 12.4. The Morgan fingerprint density at radius 2 is 2.07 bits per heavy atom. The summed E-state index contributed by atoms with van der Waals surface area (Å²) < 4.78 is 5.05. The van der Waals surface area contributed by atoms with Crippen molar-refractivity contribution in [3.8, 4) is 0 Å². The number of ether oxygens (including phenoxy) is 1. The molecule has 9 heteroatoms. The third-order valence-corrected chi connectivity index (χ3v) is 5.00. The second-order valence-electron chi connectivity index (χ2n) is 5.94. The van der Waals surface area contributed by atoms with Crippen LogP contribution in [0.4, 0.5) is 0 Å². The van der Waals surface area contributed by atoms with Crippen molar-refractivity contribution in [2.24, 2.45) is 0 Å². The van der Waals surface area contributed by atoms with Crippen LogP contribution in [0.1, 0.15) is 29.6 Å². The molecule has 0 aliphatic carbocycles. The van der Waals surface area contributed by atoms with Gasteiger partial charge in [0.1, 0.15) is 6.04 Å². The summed E-state index contributed by atoms with van der Waals surface area (Å²) in [7, 11) is 0. The Morgan fingerprint density at radius 3 is 2.70 bits per heavy atom. The molecule has 1 heterocycles. The van der Waals surface area contributed by atoms with E-state index in [1.165, 1.54) is 11.8 Å². The summed E-state index contributed by atoms with van der Waals surface area (Å²) in [5.41, 5.74) is 0.250. The number of carbonyl (C=O) groups excluding carboxylic acids is 4. The molecule has 0 unspecified atom stereocenters. The molecule has 0 bridgehead atoms. The Balaban J connectivity index is 1.96. The van der Waals surface area contributed by atoms with Crippen LogP contribution in [0.15, 0.2) is 24.3 Å². The number of imide groups is 1. The van der Waals surface area contributed by atoms with E-state index >= 15 is 0 Å². The molecule has 1 fully saturated rings. The van der Waals surface area contributed by atoms with Gasteiger partial charge < -0.3 is 10.1 Å². The Morgan fingerprint density at radius 1 is 1.33 bits per heavy atom. The smallest absolute Gasteiger partial charge is 0.329 e. The first-order valence-electron chi connectivity index (χ1n) is 8.48. The molecule has 1 aromatic carbocycles. The number of hydrogen-bond acceptors (Lipinski definition) is 6. The maximum atomic E-state index is 12.4. The predicted molar refractivity (Wildman–Crippen MR) is 103 cm³/mol. The molecule has 0 saturated carbocycles. The normalized spacial score (nSPS) is 14.7. The number of amides is 3. The van der Waals surface area contributed by atoms with E-state index in [4.69, 9.17) is 16.3 Å². The summed E-state index contributed by atoms with van der Waals surface area (Å²) in [4.78, 5) is 49.4. The van der Waals surface area contributed by atoms with Gasteiger partial charge in [-0.2, -0.15) is 11.8 Å². The van der Waals surface area contributed by atoms with Crippen molar-refractivity contribution in [2.45, 2.75) is 25.3 Å². The fraction of sp³-hybridized carbons (Fsp3) is 0.444. The SMILES string of the molecule is CSCC[C@@H](NC(=O)c1ccccc1Cl)C(=O)OCC(=O)N1CCCC1=O. The standard InChI is InChI=1S/C18H21ClN2O5S/c1-27-10-8-14(20-17(24)12-5-2-3-6-13(12)19)18(25)26-11-16(23)21-9-4-7-15(21)22/h2-3,5-6,14H,4,7-11H2,1H3,(H,20,24)/t14-/m1/s1. The van der Waals surface area contributed by atoms with Crippen LogP contribution in [0.3, 0.4) is 0 Å². The predicted octanol–water partition coefficient (Wildman–Crippen LogP) is 1.88. The van der Waals surface area contributed by atoms with E-state index in [0.29, 0.717) is 31.6 Å². The Labute approximate surface area is 166 Å². The number of benzene rings is 1. The average Bonchev–Trinajstić information content (AvgIpc) is 3.09. The van der Waals surface area contributed by atoms with Crippen LogP contribution in [-0.4, -0.2) is 59.8 Å². The molecule has 1 atom stereocenters. The molecule has 2 rings (SSSR count). The Bertz CT molecular complexity index is 727. The highest BCUT2D eigenvalue weighted by Gasteiger charge is 2.29. The number of nitrogens with one attached hydrogen (secondary N) is 1. The van der Waals surface area contributed by atoms with Crippen molar-refractivity contribution in [3.63, 3.8) is 0 Å². The summed E-state index contributed by atoms with van der Waals surface area (Å²) >= 11 is 7.53. The first-order valence-corrected chi connectivity index (χ1v) is 10.3. The molecule has 146 valence electrons. The van der Waals surface area contributed by atoms with Gasteiger partial charge in [-0.15, -0.1) is 0 Å². The van der Waals surface area contributed by atoms with Gasteiger partial charge in [0.25, 0.3) is 11.8 Å². The second-order valence-corrected chi connectivity index (χ2v) is 7.33. The molecule has 0 radical (unpaired) electrons. The summed E-state index contributed by atoms with van der Waals surface area (Å²) in [6.45, 7) is -0.184. The van der Waals surface area contributed by atoms with Gasteiger partial charge in [-0.1, -0.05) is 23.7 Å². The number of likely N-dealkylation sites (tertiary alicyclic amines) is 1. The highest BCUT2D eigenvalue weighted by molar-refractivity contribution is 7.98. The topological polar surface area (TPSA) is 92.8 Å². The lowest BCUT2D eigenvalue weighted by Gasteiger charge is -2.19. The minimum absolute atomic E-state index is 0.250.